The highest BCUT2D eigenvalue weighted by atomic mass is 35.5. The third-order valence-corrected chi connectivity index (χ3v) is 6.95. The van der Waals surface area contributed by atoms with Crippen LogP contribution in [0.1, 0.15) is 28.4 Å². The van der Waals surface area contributed by atoms with Gasteiger partial charge in [0.05, 0.1) is 24.3 Å². The summed E-state index contributed by atoms with van der Waals surface area (Å²) in [5.41, 5.74) is 2.82. The van der Waals surface area contributed by atoms with E-state index in [2.05, 4.69) is 5.32 Å². The lowest BCUT2D eigenvalue weighted by Crippen LogP contribution is -2.31. The monoisotopic (exact) mass is 508 g/mol. The first-order chi connectivity index (χ1) is 16.9. The third kappa shape index (κ3) is 5.47. The first kappa shape index (κ1) is 24.7. The Balaban J connectivity index is 1.54. The van der Waals surface area contributed by atoms with E-state index in [0.717, 1.165) is 16.0 Å². The molecule has 0 saturated carbocycles. The number of anilines is 1. The molecule has 0 saturated heterocycles. The Bertz CT molecular complexity index is 1310. The quantitative estimate of drug-likeness (QED) is 0.409. The zero-order chi connectivity index (χ0) is 24.9. The molecule has 0 radical (unpaired) electrons. The van der Waals surface area contributed by atoms with Crippen molar-refractivity contribution >= 4 is 46.9 Å². The van der Waals surface area contributed by atoms with Crippen LogP contribution in [0.4, 0.5) is 5.69 Å². The molecule has 0 aromatic heterocycles. The highest BCUT2D eigenvalue weighted by Crippen LogP contribution is 2.42. The van der Waals surface area contributed by atoms with Gasteiger partial charge in [0.2, 0.25) is 0 Å². The van der Waals surface area contributed by atoms with Crippen LogP contribution in [0.15, 0.2) is 70.5 Å². The number of likely N-dealkylation sites (N-methyl/N-ethyl adjacent to an activating group) is 1. The Hall–Kier alpha value is -3.42. The van der Waals surface area contributed by atoms with Crippen molar-refractivity contribution in [2.45, 2.75) is 18.4 Å². The molecule has 3 aromatic rings. The first-order valence-electron chi connectivity index (χ1n) is 11.1. The number of halogens is 1. The molecule has 1 N–H and O–H groups in total. The van der Waals surface area contributed by atoms with Gasteiger partial charge in [-0.1, -0.05) is 47.6 Å². The van der Waals surface area contributed by atoms with Gasteiger partial charge in [0, 0.05) is 29.1 Å². The molecule has 180 valence electrons. The average molecular weight is 509 g/mol. The van der Waals surface area contributed by atoms with Gasteiger partial charge in [0.25, 0.3) is 11.8 Å². The highest BCUT2D eigenvalue weighted by Gasteiger charge is 2.27. The maximum Gasteiger partial charge on any atom is 0.264 e. The predicted molar refractivity (Wildman–Crippen MR) is 140 cm³/mol. The molecular weight excluding hydrogens is 484 g/mol. The number of hydrogen-bond donors (Lipinski definition) is 1. The Morgan fingerprint density at radius 1 is 1.11 bits per heavy atom. The Morgan fingerprint density at radius 2 is 1.91 bits per heavy atom. The lowest BCUT2D eigenvalue weighted by Gasteiger charge is -2.27. The summed E-state index contributed by atoms with van der Waals surface area (Å²) in [4.78, 5) is 28.9. The standard InChI is InChI=1S/C27H25ClN2O4S/c1-4-34-22-11-9-17(13-23(22)33-3)14-25-27(32)30(2)21-15-18(10-12-24(21)35-25)26(31)29-16-19-7-5-6-8-20(19)28/h5-15H,4,16H2,1-3H3,(H,29,31)/b25-14+. The molecule has 0 fully saturated rings. The molecule has 35 heavy (non-hydrogen) atoms. The lowest BCUT2D eigenvalue weighted by atomic mass is 10.1. The van der Waals surface area contributed by atoms with Gasteiger partial charge in [-0.3, -0.25) is 9.59 Å². The largest absolute Gasteiger partial charge is 0.493 e. The van der Waals surface area contributed by atoms with E-state index in [0.29, 0.717) is 45.8 Å². The number of nitrogens with zero attached hydrogens (tertiary/aromatic N) is 1. The number of carbonyl (C=O) groups is 2. The van der Waals surface area contributed by atoms with Crippen molar-refractivity contribution in [2.75, 3.05) is 25.7 Å². The zero-order valence-corrected chi connectivity index (χ0v) is 21.2. The van der Waals surface area contributed by atoms with Gasteiger partial charge in [-0.2, -0.15) is 0 Å². The Morgan fingerprint density at radius 3 is 2.66 bits per heavy atom. The molecule has 1 heterocycles. The third-order valence-electron chi connectivity index (χ3n) is 5.50. The second-order valence-corrected chi connectivity index (χ2v) is 9.27. The summed E-state index contributed by atoms with van der Waals surface area (Å²) >= 11 is 7.55. The minimum Gasteiger partial charge on any atom is -0.493 e. The molecule has 4 rings (SSSR count). The molecule has 6 nitrogen and oxygen atoms in total. The zero-order valence-electron chi connectivity index (χ0n) is 19.6. The van der Waals surface area contributed by atoms with Crippen LogP contribution in [0.5, 0.6) is 11.5 Å². The molecule has 1 aliphatic heterocycles. The van der Waals surface area contributed by atoms with Crippen molar-refractivity contribution in [3.05, 3.63) is 87.3 Å². The van der Waals surface area contributed by atoms with Crippen molar-refractivity contribution in [1.29, 1.82) is 0 Å². The van der Waals surface area contributed by atoms with Gasteiger partial charge in [-0.15, -0.1) is 0 Å². The van der Waals surface area contributed by atoms with Crippen LogP contribution in [-0.4, -0.2) is 32.6 Å². The number of carbonyl (C=O) groups excluding carboxylic acids is 2. The van der Waals surface area contributed by atoms with E-state index in [1.54, 1.807) is 37.3 Å². The van der Waals surface area contributed by atoms with Crippen molar-refractivity contribution in [3.63, 3.8) is 0 Å². The maximum absolute atomic E-state index is 13.1. The molecule has 2 amide bonds. The van der Waals surface area contributed by atoms with Crippen molar-refractivity contribution in [3.8, 4) is 11.5 Å². The molecule has 0 spiro atoms. The topological polar surface area (TPSA) is 67.9 Å². The summed E-state index contributed by atoms with van der Waals surface area (Å²) in [6, 6.07) is 18.3. The number of ether oxygens (including phenoxy) is 2. The second-order valence-electron chi connectivity index (χ2n) is 7.77. The summed E-state index contributed by atoms with van der Waals surface area (Å²) in [5.74, 6) is 0.878. The summed E-state index contributed by atoms with van der Waals surface area (Å²) in [6.07, 6.45) is 1.83. The number of methoxy groups -OCH3 is 1. The van der Waals surface area contributed by atoms with Gasteiger partial charge in [-0.25, -0.2) is 0 Å². The number of rotatable bonds is 7. The summed E-state index contributed by atoms with van der Waals surface area (Å²) in [5, 5.41) is 3.49. The number of amides is 2. The van der Waals surface area contributed by atoms with Crippen molar-refractivity contribution in [1.82, 2.24) is 5.32 Å². The van der Waals surface area contributed by atoms with E-state index in [1.165, 1.54) is 11.8 Å². The molecule has 8 heteroatoms. The van der Waals surface area contributed by atoms with Gasteiger partial charge in [0.15, 0.2) is 11.5 Å². The predicted octanol–water partition coefficient (Wildman–Crippen LogP) is 5.79. The van der Waals surface area contributed by atoms with Gasteiger partial charge >= 0.3 is 0 Å². The number of nitrogens with one attached hydrogen (secondary N) is 1. The van der Waals surface area contributed by atoms with Crippen molar-refractivity contribution < 1.29 is 19.1 Å². The Kier molecular flexibility index (Phi) is 7.68. The normalized spacial score (nSPS) is 14.0. The molecule has 3 aromatic carbocycles. The van der Waals surface area contributed by atoms with Crippen LogP contribution < -0.4 is 19.7 Å². The van der Waals surface area contributed by atoms with E-state index in [4.69, 9.17) is 21.1 Å². The van der Waals surface area contributed by atoms with Crippen LogP contribution in [-0.2, 0) is 11.3 Å². The van der Waals surface area contributed by atoms with E-state index in [9.17, 15) is 9.59 Å². The molecular formula is C27H25ClN2O4S. The van der Waals surface area contributed by atoms with Gasteiger partial charge in [-0.05, 0) is 60.5 Å². The van der Waals surface area contributed by atoms with Gasteiger partial charge < -0.3 is 19.7 Å². The van der Waals surface area contributed by atoms with E-state index in [-0.39, 0.29) is 11.8 Å². The van der Waals surface area contributed by atoms with E-state index in [1.807, 2.05) is 55.5 Å². The molecule has 1 aliphatic rings. The van der Waals surface area contributed by atoms with E-state index < -0.39 is 0 Å². The number of thioether (sulfide) groups is 1. The maximum atomic E-state index is 13.1. The number of fused-ring (bicyclic) bond motifs is 1. The molecule has 0 aliphatic carbocycles. The SMILES string of the molecule is CCOc1ccc(/C=C2/Sc3ccc(C(=O)NCc4ccccc4Cl)cc3N(C)C2=O)cc1OC. The smallest absolute Gasteiger partial charge is 0.264 e. The number of hydrogen-bond acceptors (Lipinski definition) is 5. The number of benzene rings is 3. The average Bonchev–Trinajstić information content (AvgIpc) is 2.87. The molecule has 0 unspecified atom stereocenters. The van der Waals surface area contributed by atoms with Gasteiger partial charge in [0.1, 0.15) is 0 Å². The van der Waals surface area contributed by atoms with E-state index >= 15 is 0 Å². The summed E-state index contributed by atoms with van der Waals surface area (Å²) in [7, 11) is 3.29. The highest BCUT2D eigenvalue weighted by molar-refractivity contribution is 8.04. The second kappa shape index (κ2) is 10.9. The van der Waals surface area contributed by atoms with Crippen LogP contribution in [0.25, 0.3) is 6.08 Å². The molecule has 0 atom stereocenters. The fourth-order valence-electron chi connectivity index (χ4n) is 3.65. The van der Waals surface area contributed by atoms with Crippen LogP contribution in [0, 0.1) is 0 Å². The van der Waals surface area contributed by atoms with Crippen LogP contribution in [0.3, 0.4) is 0 Å². The van der Waals surface area contributed by atoms with Crippen molar-refractivity contribution in [2.24, 2.45) is 0 Å². The van der Waals surface area contributed by atoms with Crippen LogP contribution in [0.2, 0.25) is 5.02 Å². The molecule has 0 bridgehead atoms. The fraction of sp³-hybridized carbons (Fsp3) is 0.185. The Labute approximate surface area is 213 Å². The first-order valence-corrected chi connectivity index (χ1v) is 12.2. The minimum absolute atomic E-state index is 0.149. The minimum atomic E-state index is -0.235. The fourth-order valence-corrected chi connectivity index (χ4v) is 4.95. The summed E-state index contributed by atoms with van der Waals surface area (Å²) < 4.78 is 11.0. The summed E-state index contributed by atoms with van der Waals surface area (Å²) in [6.45, 7) is 2.76. The van der Waals surface area contributed by atoms with Crippen LogP contribution >= 0.6 is 23.4 Å². The lowest BCUT2D eigenvalue weighted by molar-refractivity contribution is -0.114.